The van der Waals surface area contributed by atoms with Crippen LogP contribution in [0.5, 0.6) is 0 Å². The van der Waals surface area contributed by atoms with Crippen LogP contribution in [-0.4, -0.2) is 31.3 Å². The number of hydrogen-bond acceptors (Lipinski definition) is 3. The van der Waals surface area contributed by atoms with Crippen molar-refractivity contribution < 1.29 is 18.3 Å². The molecule has 5 nitrogen and oxygen atoms in total. The van der Waals surface area contributed by atoms with Crippen LogP contribution in [0.1, 0.15) is 47.5 Å². The summed E-state index contributed by atoms with van der Waals surface area (Å²) >= 11 is 0. The topological polar surface area (TPSA) is 83.5 Å². The summed E-state index contributed by atoms with van der Waals surface area (Å²) in [6, 6.07) is -0.177. The summed E-state index contributed by atoms with van der Waals surface area (Å²) in [5, 5.41) is 9.29. The Balaban J connectivity index is 2.84. The molecule has 0 aromatic rings. The SMILES string of the molecule is CC(C)CS(=O)(=O)NC1CCC(C(=O)O)C(C)(C)C1C. The third-order valence-corrected chi connectivity index (χ3v) is 6.39. The lowest BCUT2D eigenvalue weighted by Crippen LogP contribution is -2.52. The van der Waals surface area contributed by atoms with E-state index >= 15 is 0 Å². The van der Waals surface area contributed by atoms with Crippen molar-refractivity contribution in [2.24, 2.45) is 23.2 Å². The Labute approximate surface area is 122 Å². The summed E-state index contributed by atoms with van der Waals surface area (Å²) in [7, 11) is -3.30. The number of carbonyl (C=O) groups is 1. The standard InChI is InChI=1S/C14H27NO4S/c1-9(2)8-20(18,19)15-12-7-6-11(13(16)17)14(4,5)10(12)3/h9-12,15H,6-8H2,1-5H3,(H,16,17). The van der Waals surface area contributed by atoms with Gasteiger partial charge in [-0.15, -0.1) is 0 Å². The van der Waals surface area contributed by atoms with Gasteiger partial charge in [0.1, 0.15) is 0 Å². The van der Waals surface area contributed by atoms with E-state index in [1.54, 1.807) is 0 Å². The normalized spacial score (nSPS) is 30.4. The van der Waals surface area contributed by atoms with E-state index in [0.717, 1.165) is 0 Å². The second kappa shape index (κ2) is 6.02. The van der Waals surface area contributed by atoms with Gasteiger partial charge in [0.25, 0.3) is 0 Å². The second-order valence-electron chi connectivity index (χ2n) is 6.98. The fraction of sp³-hybridized carbons (Fsp3) is 0.929. The number of hydrogen-bond donors (Lipinski definition) is 2. The minimum absolute atomic E-state index is 0.0145. The van der Waals surface area contributed by atoms with Gasteiger partial charge in [-0.1, -0.05) is 34.6 Å². The Hall–Kier alpha value is -0.620. The first-order chi connectivity index (χ1) is 8.97. The van der Waals surface area contributed by atoms with Crippen molar-refractivity contribution in [3.05, 3.63) is 0 Å². The minimum Gasteiger partial charge on any atom is -0.481 e. The third kappa shape index (κ3) is 3.95. The number of sulfonamides is 1. The lowest BCUT2D eigenvalue weighted by molar-refractivity contribution is -0.150. The van der Waals surface area contributed by atoms with Gasteiger partial charge in [-0.25, -0.2) is 13.1 Å². The van der Waals surface area contributed by atoms with Gasteiger partial charge in [0.2, 0.25) is 10.0 Å². The average molecular weight is 305 g/mol. The first kappa shape index (κ1) is 17.4. The summed E-state index contributed by atoms with van der Waals surface area (Å²) in [6.45, 7) is 9.51. The molecule has 0 saturated heterocycles. The summed E-state index contributed by atoms with van der Waals surface area (Å²) in [5.74, 6) is -1.03. The van der Waals surface area contributed by atoms with Gasteiger partial charge >= 0.3 is 5.97 Å². The van der Waals surface area contributed by atoms with Gasteiger partial charge in [0.05, 0.1) is 11.7 Å². The molecule has 0 spiro atoms. The van der Waals surface area contributed by atoms with E-state index in [0.29, 0.717) is 12.8 Å². The van der Waals surface area contributed by atoms with Gasteiger partial charge in [-0.3, -0.25) is 4.79 Å². The Kier molecular flexibility index (Phi) is 5.24. The molecule has 0 aromatic heterocycles. The molecule has 6 heteroatoms. The number of aliphatic carboxylic acids is 1. The Bertz CT molecular complexity index is 456. The van der Waals surface area contributed by atoms with E-state index in [4.69, 9.17) is 0 Å². The van der Waals surface area contributed by atoms with Crippen LogP contribution < -0.4 is 4.72 Å². The summed E-state index contributed by atoms with van der Waals surface area (Å²) < 4.78 is 26.9. The molecule has 20 heavy (non-hydrogen) atoms. The molecule has 0 amide bonds. The second-order valence-corrected chi connectivity index (χ2v) is 8.78. The van der Waals surface area contributed by atoms with E-state index in [1.807, 2.05) is 34.6 Å². The number of carboxylic acids is 1. The van der Waals surface area contributed by atoms with Crippen LogP contribution in [0.3, 0.4) is 0 Å². The van der Waals surface area contributed by atoms with Crippen molar-refractivity contribution in [3.63, 3.8) is 0 Å². The molecule has 1 saturated carbocycles. The molecule has 3 unspecified atom stereocenters. The lowest BCUT2D eigenvalue weighted by Gasteiger charge is -2.46. The molecule has 2 N–H and O–H groups in total. The first-order valence-corrected chi connectivity index (χ1v) is 8.85. The lowest BCUT2D eigenvalue weighted by atomic mass is 9.61. The molecule has 118 valence electrons. The van der Waals surface area contributed by atoms with E-state index in [-0.39, 0.29) is 23.6 Å². The van der Waals surface area contributed by atoms with Crippen LogP contribution in [0, 0.1) is 23.2 Å². The summed E-state index contributed by atoms with van der Waals surface area (Å²) in [4.78, 5) is 11.3. The molecule has 0 bridgehead atoms. The van der Waals surface area contributed by atoms with Gasteiger partial charge in [-0.05, 0) is 30.1 Å². The fourth-order valence-corrected chi connectivity index (χ4v) is 4.88. The zero-order chi connectivity index (χ0) is 15.7. The molecule has 0 radical (unpaired) electrons. The maximum absolute atomic E-state index is 12.1. The minimum atomic E-state index is -3.30. The maximum Gasteiger partial charge on any atom is 0.307 e. The van der Waals surface area contributed by atoms with E-state index < -0.39 is 27.3 Å². The molecule has 1 aliphatic rings. The van der Waals surface area contributed by atoms with Crippen LogP contribution in [0.25, 0.3) is 0 Å². The van der Waals surface area contributed by atoms with Crippen molar-refractivity contribution in [2.75, 3.05) is 5.75 Å². The Morgan fingerprint density at radius 2 is 1.90 bits per heavy atom. The highest BCUT2D eigenvalue weighted by Gasteiger charge is 2.47. The number of rotatable bonds is 5. The van der Waals surface area contributed by atoms with Gasteiger partial charge in [0.15, 0.2) is 0 Å². The highest BCUT2D eigenvalue weighted by Crippen LogP contribution is 2.45. The quantitative estimate of drug-likeness (QED) is 0.814. The fourth-order valence-electron chi connectivity index (χ4n) is 3.12. The predicted octanol–water partition coefficient (Wildman–Crippen LogP) is 2.09. The summed E-state index contributed by atoms with van der Waals surface area (Å²) in [6.07, 6.45) is 1.10. The van der Waals surface area contributed by atoms with E-state index in [2.05, 4.69) is 4.72 Å². The van der Waals surface area contributed by atoms with Crippen LogP contribution in [0.2, 0.25) is 0 Å². The zero-order valence-electron chi connectivity index (χ0n) is 13.0. The van der Waals surface area contributed by atoms with Crippen LogP contribution in [0.15, 0.2) is 0 Å². The van der Waals surface area contributed by atoms with Crippen molar-refractivity contribution in [3.8, 4) is 0 Å². The molecule has 1 fully saturated rings. The first-order valence-electron chi connectivity index (χ1n) is 7.20. The number of carboxylic acid groups (broad SMARTS) is 1. The third-order valence-electron chi connectivity index (χ3n) is 4.62. The summed E-state index contributed by atoms with van der Waals surface area (Å²) in [5.41, 5.74) is -0.422. The molecule has 0 aliphatic heterocycles. The Morgan fingerprint density at radius 3 is 2.35 bits per heavy atom. The monoisotopic (exact) mass is 305 g/mol. The average Bonchev–Trinajstić information content (AvgIpc) is 2.22. The largest absolute Gasteiger partial charge is 0.481 e. The zero-order valence-corrected chi connectivity index (χ0v) is 13.8. The van der Waals surface area contributed by atoms with Gasteiger partial charge in [0, 0.05) is 6.04 Å². The van der Waals surface area contributed by atoms with Crippen molar-refractivity contribution in [1.29, 1.82) is 0 Å². The Morgan fingerprint density at radius 1 is 1.35 bits per heavy atom. The van der Waals surface area contributed by atoms with E-state index in [1.165, 1.54) is 0 Å². The smallest absolute Gasteiger partial charge is 0.307 e. The predicted molar refractivity (Wildman–Crippen MR) is 78.9 cm³/mol. The molecule has 0 aromatic carbocycles. The molecular formula is C14H27NO4S. The van der Waals surface area contributed by atoms with Crippen molar-refractivity contribution in [2.45, 2.75) is 53.5 Å². The van der Waals surface area contributed by atoms with Crippen LogP contribution >= 0.6 is 0 Å². The molecule has 1 rings (SSSR count). The highest BCUT2D eigenvalue weighted by molar-refractivity contribution is 7.89. The maximum atomic E-state index is 12.1. The van der Waals surface area contributed by atoms with E-state index in [9.17, 15) is 18.3 Å². The molecule has 3 atom stereocenters. The van der Waals surface area contributed by atoms with Crippen LogP contribution in [0.4, 0.5) is 0 Å². The molecular weight excluding hydrogens is 278 g/mol. The van der Waals surface area contributed by atoms with Crippen molar-refractivity contribution in [1.82, 2.24) is 4.72 Å². The molecule has 0 heterocycles. The van der Waals surface area contributed by atoms with Gasteiger partial charge < -0.3 is 5.11 Å². The van der Waals surface area contributed by atoms with Gasteiger partial charge in [-0.2, -0.15) is 0 Å². The molecule has 1 aliphatic carbocycles. The van der Waals surface area contributed by atoms with Crippen LogP contribution in [-0.2, 0) is 14.8 Å². The van der Waals surface area contributed by atoms with Crippen molar-refractivity contribution >= 4 is 16.0 Å². The highest BCUT2D eigenvalue weighted by atomic mass is 32.2. The number of nitrogens with one attached hydrogen (secondary N) is 1.